The van der Waals surface area contributed by atoms with Crippen molar-refractivity contribution < 1.29 is 27.8 Å². The molecule has 93 heavy (non-hydrogen) atoms. The van der Waals surface area contributed by atoms with Crippen LogP contribution in [-0.2, 0) is 9.59 Å². The predicted octanol–water partition coefficient (Wildman–Crippen LogP) is 13.2. The lowest BCUT2D eigenvalue weighted by Crippen LogP contribution is -2.43. The Bertz CT molecular complexity index is 4230. The molecule has 3 unspecified atom stereocenters. The molecule has 18 nitrogen and oxygen atoms in total. The minimum absolute atomic E-state index is 0.0109. The van der Waals surface area contributed by atoms with Gasteiger partial charge in [0.1, 0.15) is 53.3 Å². The standard InChI is InChI=1S/C34H33ClFN7O2.C33H34ClFN6O2.C2H3N.C2H6/c1-3-27(44)43-19-23(16-22(43)17-37)41(2)32-25-18-38-30(24-10-4-8-21-9-5-11-26(35)28(21)24)29(36)31(25)39-33(40-32)45-20-34-12-6-14-42(34)15-7-13-34;1-3-26(42)40-17-12-22(19-40)39(2)31-24-18-36-29(23-10-4-8-21-9-5-11-25(34)27(21)23)28(35)30(24)37-32(38-31)43-20-33-13-6-15-41(33)16-7-14-33;1-2-3;1-2/h3-5,8-11,18,22-23H,1,6-7,12-16,19-20H2,2H3;3-5,8-11,18,22H,1,6-7,12-17,19-20H2,2H3;1H3;1-2H3. The topological polar surface area (TPSA) is 197 Å². The summed E-state index contributed by atoms with van der Waals surface area (Å²) in [6.45, 7) is 19.2. The van der Waals surface area contributed by atoms with E-state index in [0.29, 0.717) is 88.2 Å². The van der Waals surface area contributed by atoms with E-state index in [1.165, 1.54) is 24.0 Å². The van der Waals surface area contributed by atoms with Crippen molar-refractivity contribution in [2.24, 2.45) is 0 Å². The minimum Gasteiger partial charge on any atom is -0.461 e. The van der Waals surface area contributed by atoms with E-state index >= 15 is 8.78 Å². The molecule has 6 saturated heterocycles. The number of hydrogen-bond donors (Lipinski definition) is 0. The molecule has 3 atom stereocenters. The van der Waals surface area contributed by atoms with E-state index in [4.69, 9.17) is 47.9 Å². The summed E-state index contributed by atoms with van der Waals surface area (Å²) in [7, 11) is 3.75. The number of benzene rings is 4. The molecule has 4 aromatic heterocycles. The highest BCUT2D eigenvalue weighted by molar-refractivity contribution is 6.37. The zero-order valence-electron chi connectivity index (χ0n) is 53.2. The zero-order valence-corrected chi connectivity index (χ0v) is 54.7. The number of fused-ring (bicyclic) bond motifs is 6. The average Bonchev–Trinajstić information content (AvgIpc) is 1.79. The maximum absolute atomic E-state index is 16.7. The number of likely N-dealkylation sites (tertiary alicyclic amines) is 2. The molecule has 0 radical (unpaired) electrons. The molecule has 10 heterocycles. The molecule has 0 N–H and O–H groups in total. The van der Waals surface area contributed by atoms with Crippen molar-refractivity contribution in [3.8, 4) is 46.7 Å². The van der Waals surface area contributed by atoms with Gasteiger partial charge in [0, 0.05) is 97.5 Å². The first-order chi connectivity index (χ1) is 45.1. The lowest BCUT2D eigenvalue weighted by atomic mass is 9.95. The molecular formula is C71H76Cl2F2N14O4. The van der Waals surface area contributed by atoms with E-state index in [9.17, 15) is 14.9 Å². The lowest BCUT2D eigenvalue weighted by molar-refractivity contribution is -0.126. The van der Waals surface area contributed by atoms with Crippen LogP contribution in [0, 0.1) is 34.3 Å². The second-order valence-electron chi connectivity index (χ2n) is 24.3. The molecular weight excluding hydrogens is 1220 g/mol. The Balaban J connectivity index is 0.000000178. The number of nitriles is 2. The SMILES string of the molecule is C=CC(=O)N1CC(N(C)c2nc(OCC34CCCN3CCC4)nc3c(F)c(-c4cccc5cccc(Cl)c45)ncc23)CC1C#N.C=CC(=O)N1CCC(N(C)c2nc(OCC34CCCN3CCC4)nc3c(F)c(-c4cccc5cccc(Cl)c45)ncc23)C1.CC.CC#N. The van der Waals surface area contributed by atoms with Gasteiger partial charge in [0.05, 0.1) is 40.0 Å². The second-order valence-corrected chi connectivity index (χ2v) is 25.1. The Kier molecular flexibility index (Phi) is 20.0. The fourth-order valence-electron chi connectivity index (χ4n) is 14.7. The second kappa shape index (κ2) is 28.3. The Morgan fingerprint density at radius 1 is 0.656 bits per heavy atom. The van der Waals surface area contributed by atoms with Crippen LogP contribution in [0.4, 0.5) is 20.4 Å². The van der Waals surface area contributed by atoms with Gasteiger partial charge in [-0.2, -0.15) is 30.5 Å². The van der Waals surface area contributed by atoms with Crippen LogP contribution in [0.15, 0.2) is 111 Å². The molecule has 4 aromatic carbocycles. The Morgan fingerprint density at radius 2 is 1.09 bits per heavy atom. The van der Waals surface area contributed by atoms with Gasteiger partial charge in [-0.15, -0.1) is 0 Å². The van der Waals surface area contributed by atoms with Gasteiger partial charge in [-0.25, -0.2) is 8.78 Å². The normalized spacial score (nSPS) is 19.3. The van der Waals surface area contributed by atoms with Gasteiger partial charge in [0.25, 0.3) is 0 Å². The maximum Gasteiger partial charge on any atom is 0.319 e. The number of hydrogen-bond acceptors (Lipinski definition) is 16. The summed E-state index contributed by atoms with van der Waals surface area (Å²) >= 11 is 13.2. The van der Waals surface area contributed by atoms with Crippen LogP contribution in [0.2, 0.25) is 10.0 Å². The number of anilines is 2. The fraction of sp³-hybridized carbons (Fsp3) is 0.408. The molecule has 0 aliphatic carbocycles. The van der Waals surface area contributed by atoms with Crippen LogP contribution in [0.25, 0.3) is 65.9 Å². The quantitative estimate of drug-likeness (QED) is 0.0931. The van der Waals surface area contributed by atoms with E-state index in [1.807, 2.05) is 92.3 Å². The molecule has 6 aliphatic heterocycles. The van der Waals surface area contributed by atoms with Gasteiger partial charge < -0.3 is 29.1 Å². The summed E-state index contributed by atoms with van der Waals surface area (Å²) in [5.41, 5.74) is 1.62. The first kappa shape index (κ1) is 65.8. The van der Waals surface area contributed by atoms with Crippen molar-refractivity contribution in [2.75, 3.05) is 82.9 Å². The summed E-state index contributed by atoms with van der Waals surface area (Å²) < 4.78 is 46.0. The van der Waals surface area contributed by atoms with Crippen LogP contribution >= 0.6 is 23.2 Å². The lowest BCUT2D eigenvalue weighted by Gasteiger charge is -2.31. The summed E-state index contributed by atoms with van der Waals surface area (Å²) in [6, 6.07) is 25.7. The third-order valence-electron chi connectivity index (χ3n) is 19.4. The number of carbonyl (C=O) groups is 2. The Morgan fingerprint density at radius 3 is 1.52 bits per heavy atom. The van der Waals surface area contributed by atoms with Crippen LogP contribution in [0.1, 0.15) is 85.0 Å². The van der Waals surface area contributed by atoms with Gasteiger partial charge in [-0.1, -0.05) is 111 Å². The van der Waals surface area contributed by atoms with Gasteiger partial charge in [-0.3, -0.25) is 29.4 Å². The smallest absolute Gasteiger partial charge is 0.319 e. The minimum atomic E-state index is -0.612. The summed E-state index contributed by atoms with van der Waals surface area (Å²) in [6.07, 6.45) is 15.7. The molecule has 2 amide bonds. The molecule has 8 aromatic rings. The molecule has 0 saturated carbocycles. The van der Waals surface area contributed by atoms with Crippen molar-refractivity contribution in [3.05, 3.63) is 132 Å². The molecule has 22 heteroatoms. The van der Waals surface area contributed by atoms with Crippen molar-refractivity contribution in [1.29, 1.82) is 10.5 Å². The van der Waals surface area contributed by atoms with Gasteiger partial charge in [0.15, 0.2) is 11.6 Å². The highest BCUT2D eigenvalue weighted by Gasteiger charge is 2.47. The van der Waals surface area contributed by atoms with Crippen LogP contribution < -0.4 is 19.3 Å². The maximum atomic E-state index is 16.7. The zero-order chi connectivity index (χ0) is 65.7. The predicted molar refractivity (Wildman–Crippen MR) is 361 cm³/mol. The number of halogens is 4. The molecule has 0 bridgehead atoms. The number of ether oxygens (including phenoxy) is 2. The largest absolute Gasteiger partial charge is 0.461 e. The average molecular weight is 1300 g/mol. The molecule has 6 fully saturated rings. The first-order valence-electron chi connectivity index (χ1n) is 32.0. The highest BCUT2D eigenvalue weighted by Crippen LogP contribution is 2.44. The molecule has 6 aliphatic rings. The molecule has 14 rings (SSSR count). The van der Waals surface area contributed by atoms with Crippen molar-refractivity contribution in [2.45, 2.75) is 114 Å². The highest BCUT2D eigenvalue weighted by atomic mass is 35.5. The Hall–Kier alpha value is -8.66. The first-order valence-corrected chi connectivity index (χ1v) is 32.7. The number of pyridine rings is 2. The van der Waals surface area contributed by atoms with Gasteiger partial charge in [0.2, 0.25) is 11.8 Å². The number of amides is 2. The molecule has 482 valence electrons. The van der Waals surface area contributed by atoms with Gasteiger partial charge in [-0.05, 0) is 119 Å². The van der Waals surface area contributed by atoms with Crippen LogP contribution in [0.3, 0.4) is 0 Å². The van der Waals surface area contributed by atoms with Crippen molar-refractivity contribution >= 4 is 90.0 Å². The van der Waals surface area contributed by atoms with Gasteiger partial charge >= 0.3 is 12.0 Å². The van der Waals surface area contributed by atoms with Crippen LogP contribution in [-0.4, -0.2) is 164 Å². The summed E-state index contributed by atoms with van der Waals surface area (Å²) in [5.74, 6) is -0.617. The number of aromatic nitrogens is 6. The van der Waals surface area contributed by atoms with E-state index in [-0.39, 0.29) is 69.4 Å². The van der Waals surface area contributed by atoms with E-state index in [2.05, 4.69) is 49.0 Å². The Labute approximate surface area is 551 Å². The van der Waals surface area contributed by atoms with E-state index < -0.39 is 17.7 Å². The van der Waals surface area contributed by atoms with Crippen molar-refractivity contribution in [3.63, 3.8) is 0 Å². The van der Waals surface area contributed by atoms with Crippen LogP contribution in [0.5, 0.6) is 12.0 Å². The summed E-state index contributed by atoms with van der Waals surface area (Å²) in [4.78, 5) is 65.1. The monoisotopic (exact) mass is 1300 g/mol. The summed E-state index contributed by atoms with van der Waals surface area (Å²) in [5, 5.41) is 22.2. The third kappa shape index (κ3) is 12.7. The fourth-order valence-corrected chi connectivity index (χ4v) is 15.3. The van der Waals surface area contributed by atoms with E-state index in [1.54, 1.807) is 41.6 Å². The number of carbonyl (C=O) groups excluding carboxylic acids is 2. The molecule has 0 spiro atoms. The number of likely N-dealkylation sites (N-methyl/N-ethyl adjacent to an activating group) is 2. The number of nitrogens with zero attached hydrogens (tertiary/aromatic N) is 14. The number of rotatable bonds is 14. The third-order valence-corrected chi connectivity index (χ3v) is 20.0. The van der Waals surface area contributed by atoms with Crippen molar-refractivity contribution in [1.82, 2.24) is 49.5 Å². The van der Waals surface area contributed by atoms with E-state index in [0.717, 1.165) is 100 Å².